The molecule has 0 saturated heterocycles. The summed E-state index contributed by atoms with van der Waals surface area (Å²) in [6, 6.07) is 17.1. The van der Waals surface area contributed by atoms with Crippen LogP contribution >= 0.6 is 0 Å². The number of methoxy groups -OCH3 is 2. The third-order valence-corrected chi connectivity index (χ3v) is 4.43. The first-order valence-electron chi connectivity index (χ1n) is 9.42. The number of nitrogens with zero attached hydrogens (tertiary/aromatic N) is 2. The molecule has 0 amide bonds. The van der Waals surface area contributed by atoms with Crippen molar-refractivity contribution in [1.82, 2.24) is 0 Å². The van der Waals surface area contributed by atoms with E-state index < -0.39 is 0 Å². The molecule has 5 nitrogen and oxygen atoms in total. The van der Waals surface area contributed by atoms with Crippen molar-refractivity contribution >= 4 is 12.2 Å². The molecule has 0 atom stereocenters. The molecular weight excluding hydrogens is 388 g/mol. The van der Waals surface area contributed by atoms with Crippen LogP contribution in [0.3, 0.4) is 0 Å². The van der Waals surface area contributed by atoms with E-state index in [-0.39, 0.29) is 5.70 Å². The van der Waals surface area contributed by atoms with Crippen molar-refractivity contribution in [3.8, 4) is 17.6 Å². The summed E-state index contributed by atoms with van der Waals surface area (Å²) >= 11 is 0. The van der Waals surface area contributed by atoms with Crippen molar-refractivity contribution in [3.63, 3.8) is 0 Å². The maximum atomic E-state index is 9.28. The third-order valence-electron chi connectivity index (χ3n) is 4.43. The first kappa shape index (κ1) is 21.2. The molecule has 0 radical (unpaired) electrons. The second-order valence-electron chi connectivity index (χ2n) is 6.44. The van der Waals surface area contributed by atoms with Gasteiger partial charge in [0.15, 0.2) is 0 Å². The smallest absolute Gasteiger partial charge is 0.269 e. The molecule has 0 unspecified atom stereocenters. The van der Waals surface area contributed by atoms with Gasteiger partial charge in [0.25, 0.3) is 5.70 Å². The Morgan fingerprint density at radius 3 is 1.65 bits per heavy atom. The van der Waals surface area contributed by atoms with E-state index in [1.165, 1.54) is 0 Å². The van der Waals surface area contributed by atoms with E-state index in [1.807, 2.05) is 66.8 Å². The number of benzene rings is 2. The monoisotopic (exact) mass is 408 g/mol. The van der Waals surface area contributed by atoms with Crippen molar-refractivity contribution in [2.75, 3.05) is 14.2 Å². The lowest BCUT2D eigenvalue weighted by Gasteiger charge is -2.14. The molecule has 1 heterocycles. The lowest BCUT2D eigenvalue weighted by atomic mass is 10.1. The van der Waals surface area contributed by atoms with E-state index in [4.69, 9.17) is 20.8 Å². The maximum absolute atomic E-state index is 9.28. The zero-order valence-corrected chi connectivity index (χ0v) is 17.2. The SMILES string of the molecule is [C-]#[N+]C(C#N)=C1C=C(/C=C/c2ccc(OC)cc2)OC(/C=C/c2ccc(OC)cc2)=C1. The van der Waals surface area contributed by atoms with Crippen molar-refractivity contribution in [2.45, 2.75) is 0 Å². The lowest BCUT2D eigenvalue weighted by Crippen LogP contribution is -1.98. The molecule has 0 saturated carbocycles. The van der Waals surface area contributed by atoms with E-state index in [9.17, 15) is 5.26 Å². The van der Waals surface area contributed by atoms with Crippen LogP contribution < -0.4 is 9.47 Å². The maximum Gasteiger partial charge on any atom is 0.269 e. The Kier molecular flexibility index (Phi) is 7.08. The fourth-order valence-electron chi connectivity index (χ4n) is 2.79. The van der Waals surface area contributed by atoms with Crippen molar-refractivity contribution < 1.29 is 14.2 Å². The summed E-state index contributed by atoms with van der Waals surface area (Å²) in [5, 5.41) is 9.28. The van der Waals surface area contributed by atoms with Gasteiger partial charge in [0.1, 0.15) is 23.0 Å². The molecule has 2 aromatic carbocycles. The highest BCUT2D eigenvalue weighted by molar-refractivity contribution is 5.59. The van der Waals surface area contributed by atoms with Gasteiger partial charge in [-0.1, -0.05) is 36.4 Å². The fourth-order valence-corrected chi connectivity index (χ4v) is 2.79. The highest BCUT2D eigenvalue weighted by Crippen LogP contribution is 2.25. The Morgan fingerprint density at radius 1 is 0.839 bits per heavy atom. The summed E-state index contributed by atoms with van der Waals surface area (Å²) in [5.41, 5.74) is 2.44. The van der Waals surface area contributed by atoms with E-state index in [1.54, 1.807) is 38.5 Å². The number of allylic oxidation sites excluding steroid dienone is 6. The van der Waals surface area contributed by atoms with Crippen LogP contribution in [0.5, 0.6) is 11.5 Å². The minimum absolute atomic E-state index is 0.00833. The molecule has 0 aliphatic carbocycles. The number of ether oxygens (including phenoxy) is 3. The predicted octanol–water partition coefficient (Wildman–Crippen LogP) is 5.93. The van der Waals surface area contributed by atoms with E-state index in [2.05, 4.69) is 4.85 Å². The second kappa shape index (κ2) is 10.3. The number of hydrogen-bond acceptors (Lipinski definition) is 4. The van der Waals surface area contributed by atoms with Gasteiger partial charge in [0.05, 0.1) is 26.9 Å². The summed E-state index contributed by atoms with van der Waals surface area (Å²) in [7, 11) is 3.24. The molecular formula is C26H20N2O3. The lowest BCUT2D eigenvalue weighted by molar-refractivity contribution is 0.332. The van der Waals surface area contributed by atoms with Crippen molar-refractivity contribution in [1.29, 1.82) is 5.26 Å². The fraction of sp³-hybridized carbons (Fsp3) is 0.0769. The van der Waals surface area contributed by atoms with E-state index in [0.29, 0.717) is 17.1 Å². The minimum atomic E-state index is 0.00833. The molecule has 0 fully saturated rings. The molecule has 1 aliphatic heterocycles. The topological polar surface area (TPSA) is 55.8 Å². The summed E-state index contributed by atoms with van der Waals surface area (Å²) in [5.74, 6) is 2.61. The normalized spacial score (nSPS) is 13.1. The van der Waals surface area contributed by atoms with Gasteiger partial charge in [0.2, 0.25) is 0 Å². The predicted molar refractivity (Wildman–Crippen MR) is 121 cm³/mol. The first-order valence-corrected chi connectivity index (χ1v) is 9.42. The molecule has 3 rings (SSSR count). The van der Waals surface area contributed by atoms with Crippen LogP contribution in [0.4, 0.5) is 0 Å². The summed E-state index contributed by atoms with van der Waals surface area (Å²) in [6.45, 7) is 7.26. The van der Waals surface area contributed by atoms with Gasteiger partial charge in [-0.25, -0.2) is 10.1 Å². The first-order chi connectivity index (χ1) is 15.1. The average molecular weight is 408 g/mol. The Morgan fingerprint density at radius 2 is 1.29 bits per heavy atom. The zero-order valence-electron chi connectivity index (χ0n) is 17.2. The molecule has 0 N–H and O–H groups in total. The van der Waals surface area contributed by atoms with Gasteiger partial charge in [0, 0.05) is 0 Å². The number of nitriles is 1. The minimum Gasteiger partial charge on any atom is -0.497 e. The zero-order chi connectivity index (χ0) is 22.1. The van der Waals surface area contributed by atoms with Crippen LogP contribution in [-0.4, -0.2) is 14.2 Å². The van der Waals surface area contributed by atoms with Crippen LogP contribution in [0.25, 0.3) is 17.0 Å². The van der Waals surface area contributed by atoms with E-state index >= 15 is 0 Å². The Bertz CT molecular complexity index is 1080. The van der Waals surface area contributed by atoms with Gasteiger partial charge in [-0.3, -0.25) is 0 Å². The van der Waals surface area contributed by atoms with Crippen LogP contribution in [0, 0.1) is 17.9 Å². The molecule has 152 valence electrons. The molecule has 1 aliphatic rings. The molecule has 0 aromatic heterocycles. The Labute approximate surface area is 181 Å². The van der Waals surface area contributed by atoms with E-state index in [0.717, 1.165) is 22.6 Å². The van der Waals surface area contributed by atoms with Crippen LogP contribution in [-0.2, 0) is 4.74 Å². The highest BCUT2D eigenvalue weighted by atomic mass is 16.5. The van der Waals surface area contributed by atoms with Crippen LogP contribution in [0.1, 0.15) is 11.1 Å². The van der Waals surface area contributed by atoms with Gasteiger partial charge >= 0.3 is 0 Å². The van der Waals surface area contributed by atoms with Crippen molar-refractivity contribution in [3.05, 3.63) is 118 Å². The molecule has 0 spiro atoms. The third kappa shape index (κ3) is 5.76. The molecule has 31 heavy (non-hydrogen) atoms. The number of hydrogen-bond donors (Lipinski definition) is 0. The summed E-state index contributed by atoms with van der Waals surface area (Å²) < 4.78 is 16.3. The van der Waals surface area contributed by atoms with Gasteiger partial charge in [-0.2, -0.15) is 0 Å². The Balaban J connectivity index is 1.86. The van der Waals surface area contributed by atoms with Crippen LogP contribution in [0.2, 0.25) is 0 Å². The van der Waals surface area contributed by atoms with Gasteiger partial charge in [-0.05, 0) is 65.3 Å². The number of rotatable bonds is 6. The molecule has 5 heteroatoms. The largest absolute Gasteiger partial charge is 0.497 e. The Hall–Kier alpha value is -4.48. The highest BCUT2D eigenvalue weighted by Gasteiger charge is 2.12. The van der Waals surface area contributed by atoms with Gasteiger partial charge in [-0.15, -0.1) is 0 Å². The summed E-state index contributed by atoms with van der Waals surface area (Å²) in [4.78, 5) is 3.32. The average Bonchev–Trinajstić information content (AvgIpc) is 2.83. The molecule has 0 bridgehead atoms. The van der Waals surface area contributed by atoms with Crippen molar-refractivity contribution in [2.24, 2.45) is 0 Å². The van der Waals surface area contributed by atoms with Gasteiger partial charge < -0.3 is 14.2 Å². The second-order valence-corrected chi connectivity index (χ2v) is 6.44. The summed E-state index contributed by atoms with van der Waals surface area (Å²) in [6.07, 6.45) is 10.7. The standard InChI is InChI=1S/C26H20N2O3/c1-28-26(18-27)21-16-24(14-8-19-4-10-22(29-2)11-5-19)31-25(17-21)15-9-20-6-12-23(30-3)13-7-20/h4-17H,2-3H3/b14-8+,15-9+. The molecule has 2 aromatic rings. The quantitative estimate of drug-likeness (QED) is 0.439. The van der Waals surface area contributed by atoms with Crippen LogP contribution in [0.15, 0.2) is 95.6 Å².